The summed E-state index contributed by atoms with van der Waals surface area (Å²) in [5.74, 6) is -0.138. The number of nitrogens with one attached hydrogen (secondary N) is 1. The summed E-state index contributed by atoms with van der Waals surface area (Å²) in [6.07, 6.45) is -2.89. The predicted octanol–water partition coefficient (Wildman–Crippen LogP) is 3.48. The molecule has 1 aliphatic carbocycles. The van der Waals surface area contributed by atoms with Gasteiger partial charge < -0.3 is 29.8 Å². The third kappa shape index (κ3) is 5.03. The molecule has 1 saturated carbocycles. The molecule has 3 N–H and O–H groups in total. The first-order valence-electron chi connectivity index (χ1n) is 11.7. The van der Waals surface area contributed by atoms with Gasteiger partial charge in [-0.3, -0.25) is 4.79 Å². The summed E-state index contributed by atoms with van der Waals surface area (Å²) >= 11 is 0. The van der Waals surface area contributed by atoms with E-state index in [1.807, 2.05) is 0 Å². The highest BCUT2D eigenvalue weighted by Crippen LogP contribution is 2.37. The van der Waals surface area contributed by atoms with E-state index in [4.69, 9.17) is 19.6 Å². The van der Waals surface area contributed by atoms with Gasteiger partial charge in [0.1, 0.15) is 23.1 Å². The molecule has 196 valence electrons. The number of oxazole rings is 1. The fourth-order valence-electron chi connectivity index (χ4n) is 4.22. The molecular weight excluding hydrogens is 495 g/mol. The van der Waals surface area contributed by atoms with E-state index in [2.05, 4.69) is 15.3 Å². The number of methoxy groups -OCH3 is 1. The highest BCUT2D eigenvalue weighted by atomic mass is 19.4. The molecule has 1 saturated heterocycles. The van der Waals surface area contributed by atoms with Crippen molar-refractivity contribution in [2.75, 3.05) is 20.2 Å². The Morgan fingerprint density at radius 2 is 1.97 bits per heavy atom. The summed E-state index contributed by atoms with van der Waals surface area (Å²) in [6.45, 7) is 0.525. The molecule has 1 unspecified atom stereocenters. The summed E-state index contributed by atoms with van der Waals surface area (Å²) in [5.41, 5.74) is 5.05. The molecule has 2 fully saturated rings. The van der Waals surface area contributed by atoms with Crippen LogP contribution in [0, 0.1) is 0 Å². The van der Waals surface area contributed by atoms with Gasteiger partial charge in [-0.15, -0.1) is 0 Å². The second kappa shape index (κ2) is 9.54. The van der Waals surface area contributed by atoms with E-state index in [1.54, 1.807) is 6.07 Å². The Balaban J connectivity index is 1.41. The van der Waals surface area contributed by atoms with E-state index in [1.165, 1.54) is 24.1 Å². The van der Waals surface area contributed by atoms with Crippen molar-refractivity contribution in [3.05, 3.63) is 41.4 Å². The highest BCUT2D eigenvalue weighted by molar-refractivity contribution is 5.98. The molecule has 2 amide bonds. The van der Waals surface area contributed by atoms with Crippen molar-refractivity contribution >= 4 is 22.9 Å². The van der Waals surface area contributed by atoms with Crippen molar-refractivity contribution in [2.24, 2.45) is 5.73 Å². The molecule has 0 spiro atoms. The molecular formula is C24H24F3N5O5. The van der Waals surface area contributed by atoms with Crippen LogP contribution in [-0.4, -0.2) is 59.2 Å². The van der Waals surface area contributed by atoms with Crippen LogP contribution in [-0.2, 0) is 17.5 Å². The summed E-state index contributed by atoms with van der Waals surface area (Å²) in [7, 11) is 1.33. The van der Waals surface area contributed by atoms with E-state index < -0.39 is 23.9 Å². The topological polar surface area (TPSA) is 133 Å². The Bertz CT molecular complexity index is 1350. The Kier molecular flexibility index (Phi) is 6.40. The lowest BCUT2D eigenvalue weighted by molar-refractivity contribution is -0.140. The summed E-state index contributed by atoms with van der Waals surface area (Å²) in [4.78, 5) is 34.8. The number of benzene rings is 1. The molecule has 1 atom stereocenters. The first kappa shape index (κ1) is 24.8. The number of fused-ring (bicyclic) bond motifs is 1. The first-order chi connectivity index (χ1) is 17.7. The number of nitrogens with two attached hydrogens (primary N) is 1. The van der Waals surface area contributed by atoms with Crippen molar-refractivity contribution < 1.29 is 36.7 Å². The zero-order valence-electron chi connectivity index (χ0n) is 19.8. The average Bonchev–Trinajstić information content (AvgIpc) is 3.38. The molecule has 2 aromatic heterocycles. The van der Waals surface area contributed by atoms with Crippen molar-refractivity contribution in [2.45, 2.75) is 44.1 Å². The number of halogens is 3. The number of carbonyl (C=O) groups excluding carboxylic acids is 2. The van der Waals surface area contributed by atoms with E-state index in [0.717, 1.165) is 18.9 Å². The number of aromatic nitrogens is 2. The number of rotatable bonds is 6. The zero-order valence-corrected chi connectivity index (χ0v) is 19.8. The maximum absolute atomic E-state index is 13.3. The Morgan fingerprint density at radius 3 is 2.65 bits per heavy atom. The van der Waals surface area contributed by atoms with Gasteiger partial charge in [0, 0.05) is 24.0 Å². The molecule has 10 nitrogen and oxygen atoms in total. The van der Waals surface area contributed by atoms with Crippen LogP contribution in [0.3, 0.4) is 0 Å². The van der Waals surface area contributed by atoms with Crippen molar-refractivity contribution in [1.82, 2.24) is 20.2 Å². The molecule has 3 heterocycles. The van der Waals surface area contributed by atoms with E-state index in [0.29, 0.717) is 23.9 Å². The lowest BCUT2D eigenvalue weighted by Gasteiger charge is -2.16. The number of hydrogen-bond donors (Lipinski definition) is 2. The minimum atomic E-state index is -4.64. The van der Waals surface area contributed by atoms with Gasteiger partial charge in [-0.25, -0.2) is 14.8 Å². The van der Waals surface area contributed by atoms with Crippen LogP contribution in [0.2, 0.25) is 0 Å². The van der Waals surface area contributed by atoms with Crippen LogP contribution in [0.15, 0.2) is 28.7 Å². The highest BCUT2D eigenvalue weighted by Gasteiger charge is 2.35. The number of carbonyl (C=O) groups is 2. The van der Waals surface area contributed by atoms with Crippen LogP contribution in [0.5, 0.6) is 5.75 Å². The lowest BCUT2D eigenvalue weighted by Crippen LogP contribution is -2.39. The minimum absolute atomic E-state index is 0.00236. The van der Waals surface area contributed by atoms with Gasteiger partial charge in [0.25, 0.3) is 5.91 Å². The normalized spacial score (nSPS) is 17.8. The minimum Gasteiger partial charge on any atom is -0.494 e. The van der Waals surface area contributed by atoms with Crippen molar-refractivity contribution in [1.29, 1.82) is 0 Å². The van der Waals surface area contributed by atoms with E-state index >= 15 is 0 Å². The summed E-state index contributed by atoms with van der Waals surface area (Å²) in [6, 6.07) is 4.88. The summed E-state index contributed by atoms with van der Waals surface area (Å²) < 4.78 is 55.9. The van der Waals surface area contributed by atoms with Gasteiger partial charge in [0.2, 0.25) is 5.89 Å². The third-order valence-electron chi connectivity index (χ3n) is 6.24. The standard InChI is InChI=1S/C24H24F3N5O5/c1-35-16-6-4-15(14-5-7-18(24(25,26)27)30-19(14)16)21-31-20(17(10-28)37-21)22(33)32-9-8-12(11-32)29-23(34)36-13-2-3-13/h4-7,12-13H,2-3,8-11,28H2,1H3,(H,29,34). The number of ether oxygens (including phenoxy) is 2. The summed E-state index contributed by atoms with van der Waals surface area (Å²) in [5, 5.41) is 3.07. The van der Waals surface area contributed by atoms with Crippen molar-refractivity contribution in [3.63, 3.8) is 0 Å². The molecule has 2 aliphatic rings. The SMILES string of the molecule is COc1ccc(-c2nc(C(=O)N3CCC(NC(=O)OC4CC4)C3)c(CN)o2)c2ccc(C(F)(F)F)nc12. The molecule has 5 rings (SSSR count). The van der Waals surface area contributed by atoms with E-state index in [-0.39, 0.29) is 53.8 Å². The molecule has 1 aromatic carbocycles. The second-order valence-electron chi connectivity index (χ2n) is 8.89. The number of pyridine rings is 1. The maximum atomic E-state index is 13.3. The van der Waals surface area contributed by atoms with Gasteiger partial charge in [-0.1, -0.05) is 0 Å². The fourth-order valence-corrected chi connectivity index (χ4v) is 4.22. The van der Waals surface area contributed by atoms with Crippen LogP contribution in [0.4, 0.5) is 18.0 Å². The quantitative estimate of drug-likeness (QED) is 0.506. The van der Waals surface area contributed by atoms with Gasteiger partial charge in [0.15, 0.2) is 11.5 Å². The second-order valence-corrected chi connectivity index (χ2v) is 8.89. The first-order valence-corrected chi connectivity index (χ1v) is 11.7. The molecule has 0 bridgehead atoms. The van der Waals surface area contributed by atoms with Gasteiger partial charge in [-0.05, 0) is 43.5 Å². The molecule has 3 aromatic rings. The predicted molar refractivity (Wildman–Crippen MR) is 124 cm³/mol. The molecule has 0 radical (unpaired) electrons. The van der Waals surface area contributed by atoms with E-state index in [9.17, 15) is 22.8 Å². The molecule has 1 aliphatic heterocycles. The average molecular weight is 519 g/mol. The molecule has 13 heteroatoms. The molecule has 37 heavy (non-hydrogen) atoms. The number of amides is 2. The number of hydrogen-bond acceptors (Lipinski definition) is 8. The van der Waals surface area contributed by atoms with Crippen LogP contribution >= 0.6 is 0 Å². The maximum Gasteiger partial charge on any atom is 0.433 e. The largest absolute Gasteiger partial charge is 0.494 e. The number of alkyl halides is 3. The van der Waals surface area contributed by atoms with Crippen LogP contribution in [0.1, 0.15) is 41.2 Å². The Hall–Kier alpha value is -3.87. The van der Waals surface area contributed by atoms with Crippen LogP contribution in [0.25, 0.3) is 22.4 Å². The zero-order chi connectivity index (χ0) is 26.3. The van der Waals surface area contributed by atoms with Gasteiger partial charge >= 0.3 is 12.3 Å². The smallest absolute Gasteiger partial charge is 0.433 e. The Labute approximate surface area is 208 Å². The lowest BCUT2D eigenvalue weighted by atomic mass is 10.1. The van der Waals surface area contributed by atoms with Crippen molar-refractivity contribution in [3.8, 4) is 17.2 Å². The fraction of sp³-hybridized carbons (Fsp3) is 0.417. The number of alkyl carbamates (subject to hydrolysis) is 1. The monoisotopic (exact) mass is 519 g/mol. The number of likely N-dealkylation sites (tertiary alicyclic amines) is 1. The van der Waals surface area contributed by atoms with Crippen LogP contribution < -0.4 is 15.8 Å². The van der Waals surface area contributed by atoms with Gasteiger partial charge in [0.05, 0.1) is 19.7 Å². The number of nitrogens with zero attached hydrogens (tertiary/aromatic N) is 3. The third-order valence-corrected chi connectivity index (χ3v) is 6.24. The van der Waals surface area contributed by atoms with Gasteiger partial charge in [-0.2, -0.15) is 13.2 Å². The Morgan fingerprint density at radius 1 is 1.19 bits per heavy atom.